The van der Waals surface area contributed by atoms with E-state index in [-0.39, 0.29) is 24.6 Å². The number of anilines is 1. The largest absolute Gasteiger partial charge is 0.354 e. The second-order valence-electron chi connectivity index (χ2n) is 9.22. The van der Waals surface area contributed by atoms with Crippen LogP contribution in [0.5, 0.6) is 0 Å². The number of nitrogens with zero attached hydrogens (tertiary/aromatic N) is 2. The fourth-order valence-corrected chi connectivity index (χ4v) is 5.07. The molecule has 0 saturated heterocycles. The van der Waals surface area contributed by atoms with Crippen molar-refractivity contribution in [3.05, 3.63) is 101 Å². The summed E-state index contributed by atoms with van der Waals surface area (Å²) in [5.41, 5.74) is 1.28. The molecule has 3 aromatic carbocycles. The summed E-state index contributed by atoms with van der Waals surface area (Å²) < 4.78 is 40.8. The number of carbonyl (C=O) groups excluding carboxylic acids is 2. The van der Waals surface area contributed by atoms with Gasteiger partial charge in [0, 0.05) is 24.5 Å². The maximum Gasteiger partial charge on any atom is 0.244 e. The Labute approximate surface area is 234 Å². The molecule has 208 valence electrons. The van der Waals surface area contributed by atoms with E-state index in [0.717, 1.165) is 35.0 Å². The summed E-state index contributed by atoms with van der Waals surface area (Å²) in [6, 6.07) is 20.5. The van der Waals surface area contributed by atoms with E-state index >= 15 is 0 Å². The van der Waals surface area contributed by atoms with Crippen molar-refractivity contribution in [1.82, 2.24) is 10.2 Å². The molecule has 0 spiro atoms. The van der Waals surface area contributed by atoms with E-state index < -0.39 is 34.3 Å². The average Bonchev–Trinajstić information content (AvgIpc) is 2.91. The Morgan fingerprint density at radius 3 is 2.21 bits per heavy atom. The Morgan fingerprint density at radius 2 is 1.59 bits per heavy atom. The monoisotopic (exact) mass is 573 g/mol. The van der Waals surface area contributed by atoms with Crippen LogP contribution in [0.3, 0.4) is 0 Å². The molecule has 1 atom stereocenters. The minimum atomic E-state index is -4.04. The number of carbonyl (C=O) groups is 2. The molecule has 10 heteroatoms. The molecular formula is C29H33ClFN3O4S. The van der Waals surface area contributed by atoms with Crippen LogP contribution in [0.4, 0.5) is 10.1 Å². The zero-order valence-corrected chi connectivity index (χ0v) is 23.6. The average molecular weight is 574 g/mol. The van der Waals surface area contributed by atoms with Gasteiger partial charge in [-0.2, -0.15) is 0 Å². The van der Waals surface area contributed by atoms with E-state index in [2.05, 4.69) is 5.32 Å². The number of hydrogen-bond donors (Lipinski definition) is 1. The number of benzene rings is 3. The lowest BCUT2D eigenvalue weighted by molar-refractivity contribution is -0.140. The van der Waals surface area contributed by atoms with Crippen LogP contribution in [0.15, 0.2) is 78.9 Å². The smallest absolute Gasteiger partial charge is 0.244 e. The van der Waals surface area contributed by atoms with Crippen molar-refractivity contribution in [3.8, 4) is 0 Å². The number of rotatable bonds is 13. The van der Waals surface area contributed by atoms with Crippen molar-refractivity contribution in [2.24, 2.45) is 0 Å². The normalized spacial score (nSPS) is 12.0. The highest BCUT2D eigenvalue weighted by Gasteiger charge is 2.33. The molecule has 0 heterocycles. The molecule has 0 aliphatic heterocycles. The highest BCUT2D eigenvalue weighted by Crippen LogP contribution is 2.23. The highest BCUT2D eigenvalue weighted by molar-refractivity contribution is 7.92. The van der Waals surface area contributed by atoms with Crippen LogP contribution >= 0.6 is 11.6 Å². The SMILES string of the molecule is CCCCNC(=O)C(Cc1ccccc1)N(Cc1ccc(Cl)cc1)C(=O)CN(c1ccccc1F)S(C)(=O)=O. The van der Waals surface area contributed by atoms with Gasteiger partial charge in [-0.15, -0.1) is 0 Å². The van der Waals surface area contributed by atoms with Gasteiger partial charge in [0.1, 0.15) is 18.4 Å². The van der Waals surface area contributed by atoms with Gasteiger partial charge in [0.25, 0.3) is 0 Å². The Hall–Kier alpha value is -3.43. The van der Waals surface area contributed by atoms with Crippen LogP contribution in [0.1, 0.15) is 30.9 Å². The number of nitrogens with one attached hydrogen (secondary N) is 1. The third kappa shape index (κ3) is 8.80. The molecule has 39 heavy (non-hydrogen) atoms. The zero-order chi connectivity index (χ0) is 28.4. The Bertz CT molecular complexity index is 1350. The first-order valence-electron chi connectivity index (χ1n) is 12.7. The van der Waals surface area contributed by atoms with Crippen LogP contribution in [-0.2, 0) is 32.6 Å². The molecule has 7 nitrogen and oxygen atoms in total. The second kappa shape index (κ2) is 14.1. The number of halogens is 2. The minimum Gasteiger partial charge on any atom is -0.354 e. The zero-order valence-electron chi connectivity index (χ0n) is 22.0. The number of hydrogen-bond acceptors (Lipinski definition) is 4. The fourth-order valence-electron chi connectivity index (χ4n) is 4.10. The molecule has 0 bridgehead atoms. The predicted octanol–water partition coefficient (Wildman–Crippen LogP) is 4.80. The van der Waals surface area contributed by atoms with Crippen molar-refractivity contribution >= 4 is 39.1 Å². The molecule has 2 amide bonds. The maximum atomic E-state index is 14.6. The first-order valence-corrected chi connectivity index (χ1v) is 14.9. The molecule has 0 saturated carbocycles. The second-order valence-corrected chi connectivity index (χ2v) is 11.6. The summed E-state index contributed by atoms with van der Waals surface area (Å²) in [4.78, 5) is 28.8. The van der Waals surface area contributed by atoms with Crippen molar-refractivity contribution in [1.29, 1.82) is 0 Å². The van der Waals surface area contributed by atoms with E-state index in [0.29, 0.717) is 17.1 Å². The predicted molar refractivity (Wildman–Crippen MR) is 152 cm³/mol. The van der Waals surface area contributed by atoms with Crippen LogP contribution in [0.2, 0.25) is 5.02 Å². The third-order valence-electron chi connectivity index (χ3n) is 6.17. The van der Waals surface area contributed by atoms with Crippen LogP contribution in [0.25, 0.3) is 0 Å². The summed E-state index contributed by atoms with van der Waals surface area (Å²) in [7, 11) is -4.04. The van der Waals surface area contributed by atoms with E-state index in [1.807, 2.05) is 37.3 Å². The summed E-state index contributed by atoms with van der Waals surface area (Å²) in [6.45, 7) is 1.78. The summed E-state index contributed by atoms with van der Waals surface area (Å²) in [6.07, 6.45) is 2.76. The van der Waals surface area contributed by atoms with Gasteiger partial charge in [-0.05, 0) is 41.8 Å². The standard InChI is InChI=1S/C29H33ClFN3O4S/c1-3-4-18-32-29(36)27(19-22-10-6-5-7-11-22)33(20-23-14-16-24(30)17-15-23)28(35)21-34(39(2,37)38)26-13-9-8-12-25(26)31/h5-17,27H,3-4,18-21H2,1-2H3,(H,32,36). The lowest BCUT2D eigenvalue weighted by atomic mass is 10.0. The van der Waals surface area contributed by atoms with E-state index in [4.69, 9.17) is 11.6 Å². The van der Waals surface area contributed by atoms with Gasteiger partial charge >= 0.3 is 0 Å². The van der Waals surface area contributed by atoms with E-state index in [1.54, 1.807) is 24.3 Å². The van der Waals surface area contributed by atoms with Gasteiger partial charge in [-0.3, -0.25) is 13.9 Å². The van der Waals surface area contributed by atoms with Gasteiger partial charge in [-0.25, -0.2) is 12.8 Å². The quantitative estimate of drug-likeness (QED) is 0.298. The van der Waals surface area contributed by atoms with Gasteiger partial charge in [0.05, 0.1) is 11.9 Å². The maximum absolute atomic E-state index is 14.6. The lowest BCUT2D eigenvalue weighted by Gasteiger charge is -2.33. The Balaban J connectivity index is 2.03. The van der Waals surface area contributed by atoms with Crippen LogP contribution in [0, 0.1) is 5.82 Å². The number of sulfonamides is 1. The van der Waals surface area contributed by atoms with Crippen molar-refractivity contribution in [2.75, 3.05) is 23.7 Å². The number of unbranched alkanes of at least 4 members (excludes halogenated alkanes) is 1. The first-order chi connectivity index (χ1) is 18.6. The molecule has 0 aliphatic carbocycles. The van der Waals surface area contributed by atoms with Gasteiger partial charge in [0.2, 0.25) is 21.8 Å². The molecule has 1 N–H and O–H groups in total. The number of amides is 2. The van der Waals surface area contributed by atoms with Crippen molar-refractivity contribution in [2.45, 2.75) is 38.8 Å². The fraction of sp³-hybridized carbons (Fsp3) is 0.310. The third-order valence-corrected chi connectivity index (χ3v) is 7.55. The van der Waals surface area contributed by atoms with E-state index in [1.165, 1.54) is 23.1 Å². The Kier molecular flexibility index (Phi) is 10.9. The summed E-state index contributed by atoms with van der Waals surface area (Å²) in [5, 5.41) is 3.42. The molecule has 0 radical (unpaired) electrons. The minimum absolute atomic E-state index is 0.0174. The van der Waals surface area contributed by atoms with Gasteiger partial charge in [-0.1, -0.05) is 79.5 Å². The molecule has 0 aliphatic rings. The van der Waals surface area contributed by atoms with Crippen LogP contribution < -0.4 is 9.62 Å². The number of para-hydroxylation sites is 1. The molecular weight excluding hydrogens is 541 g/mol. The van der Waals surface area contributed by atoms with Crippen molar-refractivity contribution in [3.63, 3.8) is 0 Å². The topological polar surface area (TPSA) is 86.8 Å². The Morgan fingerprint density at radius 1 is 0.949 bits per heavy atom. The molecule has 1 unspecified atom stereocenters. The summed E-state index contributed by atoms with van der Waals surface area (Å²) >= 11 is 6.05. The van der Waals surface area contributed by atoms with Crippen molar-refractivity contribution < 1.29 is 22.4 Å². The van der Waals surface area contributed by atoms with Crippen LogP contribution in [-0.4, -0.2) is 50.5 Å². The lowest BCUT2D eigenvalue weighted by Crippen LogP contribution is -2.53. The van der Waals surface area contributed by atoms with Gasteiger partial charge < -0.3 is 10.2 Å². The molecule has 0 fully saturated rings. The highest BCUT2D eigenvalue weighted by atomic mass is 35.5. The van der Waals surface area contributed by atoms with E-state index in [9.17, 15) is 22.4 Å². The van der Waals surface area contributed by atoms with Gasteiger partial charge in [0.15, 0.2) is 0 Å². The molecule has 3 rings (SSSR count). The molecule has 3 aromatic rings. The first kappa shape index (κ1) is 30.1. The molecule has 0 aromatic heterocycles. The summed E-state index contributed by atoms with van der Waals surface area (Å²) in [5.74, 6) is -1.78.